The number of hydrogen-bond acceptors (Lipinski definition) is 1. The van der Waals surface area contributed by atoms with E-state index in [0.717, 1.165) is 13.0 Å². The van der Waals surface area contributed by atoms with Gasteiger partial charge in [0.1, 0.15) is 0 Å². The first-order valence-corrected chi connectivity index (χ1v) is 8.22. The predicted molar refractivity (Wildman–Crippen MR) is 89.6 cm³/mol. The Morgan fingerprint density at radius 1 is 0.952 bits per heavy atom. The lowest BCUT2D eigenvalue weighted by atomic mass is 9.92. The first-order chi connectivity index (χ1) is 10.4. The minimum absolute atomic E-state index is 0.705. The Labute approximate surface area is 128 Å². The Bertz CT molecular complexity index is 574. The van der Waals surface area contributed by atoms with Gasteiger partial charge in [-0.05, 0) is 73.2 Å². The van der Waals surface area contributed by atoms with E-state index >= 15 is 0 Å². The van der Waals surface area contributed by atoms with Crippen LogP contribution in [-0.2, 0) is 19.3 Å². The summed E-state index contributed by atoms with van der Waals surface area (Å²) in [6.07, 6.45) is 7.23. The molecule has 0 bridgehead atoms. The largest absolute Gasteiger partial charge is 0.330 e. The number of benzene rings is 2. The van der Waals surface area contributed by atoms with Gasteiger partial charge in [0, 0.05) is 0 Å². The molecule has 0 amide bonds. The molecule has 2 N–H and O–H groups in total. The monoisotopic (exact) mass is 279 g/mol. The van der Waals surface area contributed by atoms with Crippen molar-refractivity contribution in [2.75, 3.05) is 6.54 Å². The summed E-state index contributed by atoms with van der Waals surface area (Å²) in [6.45, 7) is 0.807. The molecule has 0 spiro atoms. The third kappa shape index (κ3) is 3.54. The number of aryl methyl sites for hydroxylation is 2. The molecular formula is C20H25N. The van der Waals surface area contributed by atoms with Crippen LogP contribution in [0.2, 0.25) is 0 Å². The molecule has 3 rings (SSSR count). The highest BCUT2D eigenvalue weighted by Gasteiger charge is 2.22. The van der Waals surface area contributed by atoms with Crippen molar-refractivity contribution in [1.29, 1.82) is 0 Å². The zero-order chi connectivity index (χ0) is 14.5. The fraction of sp³-hybridized carbons (Fsp3) is 0.400. The van der Waals surface area contributed by atoms with Crippen LogP contribution in [0, 0.1) is 0 Å². The third-order valence-electron chi connectivity index (χ3n) is 4.66. The van der Waals surface area contributed by atoms with Gasteiger partial charge in [-0.25, -0.2) is 0 Å². The summed E-state index contributed by atoms with van der Waals surface area (Å²) in [4.78, 5) is 0. The van der Waals surface area contributed by atoms with Crippen molar-refractivity contribution in [2.24, 2.45) is 5.73 Å². The van der Waals surface area contributed by atoms with Crippen molar-refractivity contribution in [3.8, 4) is 0 Å². The van der Waals surface area contributed by atoms with Crippen molar-refractivity contribution in [2.45, 2.75) is 44.4 Å². The van der Waals surface area contributed by atoms with E-state index in [9.17, 15) is 0 Å². The zero-order valence-corrected chi connectivity index (χ0v) is 12.7. The van der Waals surface area contributed by atoms with Crippen molar-refractivity contribution >= 4 is 0 Å². The van der Waals surface area contributed by atoms with Crippen molar-refractivity contribution < 1.29 is 0 Å². The summed E-state index contributed by atoms with van der Waals surface area (Å²) in [5.74, 6) is 0.705. The van der Waals surface area contributed by atoms with Crippen LogP contribution >= 0.6 is 0 Å². The van der Waals surface area contributed by atoms with Gasteiger partial charge in [0.15, 0.2) is 0 Å². The van der Waals surface area contributed by atoms with Crippen molar-refractivity contribution in [3.05, 3.63) is 70.8 Å². The van der Waals surface area contributed by atoms with E-state index in [1.165, 1.54) is 43.2 Å². The van der Waals surface area contributed by atoms with Gasteiger partial charge < -0.3 is 5.73 Å². The highest BCUT2D eigenvalue weighted by atomic mass is 14.5. The molecule has 1 nitrogen and oxygen atoms in total. The number of fused-ring (bicyclic) bond motifs is 1. The molecule has 0 aromatic heterocycles. The summed E-state index contributed by atoms with van der Waals surface area (Å²) in [5, 5.41) is 0. The van der Waals surface area contributed by atoms with Crippen LogP contribution in [0.3, 0.4) is 0 Å². The molecule has 0 saturated heterocycles. The molecule has 1 aliphatic rings. The van der Waals surface area contributed by atoms with Crippen LogP contribution in [0.25, 0.3) is 0 Å². The molecule has 2 aromatic carbocycles. The average molecular weight is 279 g/mol. The maximum Gasteiger partial charge on any atom is -0.00772 e. The molecule has 1 unspecified atom stereocenters. The fourth-order valence-electron chi connectivity index (χ4n) is 3.48. The number of hydrogen-bond donors (Lipinski definition) is 1. The Balaban J connectivity index is 1.72. The molecule has 21 heavy (non-hydrogen) atoms. The molecule has 1 heteroatoms. The Morgan fingerprint density at radius 3 is 2.62 bits per heavy atom. The molecule has 2 aromatic rings. The van der Waals surface area contributed by atoms with Crippen LogP contribution < -0.4 is 5.73 Å². The first kappa shape index (κ1) is 14.3. The second-order valence-electron chi connectivity index (χ2n) is 6.20. The van der Waals surface area contributed by atoms with Crippen LogP contribution in [0.4, 0.5) is 0 Å². The van der Waals surface area contributed by atoms with Crippen LogP contribution in [0.15, 0.2) is 48.5 Å². The summed E-state index contributed by atoms with van der Waals surface area (Å²) in [7, 11) is 0. The molecule has 0 saturated carbocycles. The molecule has 0 radical (unpaired) electrons. The Hall–Kier alpha value is -1.60. The first-order valence-electron chi connectivity index (χ1n) is 8.22. The summed E-state index contributed by atoms with van der Waals surface area (Å²) in [5.41, 5.74) is 11.7. The lowest BCUT2D eigenvalue weighted by molar-refractivity contribution is 0.673. The minimum Gasteiger partial charge on any atom is -0.330 e. The van der Waals surface area contributed by atoms with E-state index in [2.05, 4.69) is 48.5 Å². The van der Waals surface area contributed by atoms with Crippen LogP contribution in [0.1, 0.15) is 47.4 Å². The lowest BCUT2D eigenvalue weighted by Crippen LogP contribution is -2.01. The standard InChI is InChI=1S/C20H25N/c21-13-5-4-8-17-9-10-18-11-12-19(20(18)15-17)14-16-6-2-1-3-7-16/h1-3,6-7,9-10,15,19H,4-5,8,11-14,21H2. The second kappa shape index (κ2) is 6.91. The van der Waals surface area contributed by atoms with E-state index in [0.29, 0.717) is 5.92 Å². The van der Waals surface area contributed by atoms with Gasteiger partial charge in [0.25, 0.3) is 0 Å². The second-order valence-corrected chi connectivity index (χ2v) is 6.20. The quantitative estimate of drug-likeness (QED) is 0.786. The fourth-order valence-corrected chi connectivity index (χ4v) is 3.48. The lowest BCUT2D eigenvalue weighted by Gasteiger charge is -2.13. The third-order valence-corrected chi connectivity index (χ3v) is 4.66. The van der Waals surface area contributed by atoms with Gasteiger partial charge in [-0.3, -0.25) is 0 Å². The van der Waals surface area contributed by atoms with Crippen molar-refractivity contribution in [3.63, 3.8) is 0 Å². The van der Waals surface area contributed by atoms with Crippen LogP contribution in [0.5, 0.6) is 0 Å². The molecular weight excluding hydrogens is 254 g/mol. The average Bonchev–Trinajstić information content (AvgIpc) is 2.91. The van der Waals surface area contributed by atoms with Gasteiger partial charge in [-0.1, -0.05) is 48.5 Å². The van der Waals surface area contributed by atoms with Gasteiger partial charge in [-0.15, -0.1) is 0 Å². The SMILES string of the molecule is NCCCCc1ccc2c(c1)C(Cc1ccccc1)CC2. The number of unbranched alkanes of at least 4 members (excludes halogenated alkanes) is 1. The van der Waals surface area contributed by atoms with Gasteiger partial charge in [0.2, 0.25) is 0 Å². The minimum atomic E-state index is 0.705. The Kier molecular flexibility index (Phi) is 4.72. The smallest absolute Gasteiger partial charge is 0.00772 e. The normalized spacial score (nSPS) is 16.9. The molecule has 1 atom stereocenters. The zero-order valence-electron chi connectivity index (χ0n) is 12.7. The molecule has 110 valence electrons. The highest BCUT2D eigenvalue weighted by molar-refractivity contribution is 5.39. The van der Waals surface area contributed by atoms with E-state index in [1.807, 2.05) is 0 Å². The Morgan fingerprint density at radius 2 is 1.81 bits per heavy atom. The van der Waals surface area contributed by atoms with E-state index in [4.69, 9.17) is 5.73 Å². The van der Waals surface area contributed by atoms with Gasteiger partial charge >= 0.3 is 0 Å². The van der Waals surface area contributed by atoms with Gasteiger partial charge in [-0.2, -0.15) is 0 Å². The predicted octanol–water partition coefficient (Wildman–Crippen LogP) is 4.24. The molecule has 0 heterocycles. The van der Waals surface area contributed by atoms with Gasteiger partial charge in [0.05, 0.1) is 0 Å². The summed E-state index contributed by atoms with van der Waals surface area (Å²) >= 11 is 0. The summed E-state index contributed by atoms with van der Waals surface area (Å²) in [6, 6.07) is 18.0. The molecule has 0 fully saturated rings. The number of nitrogens with two attached hydrogens (primary N) is 1. The maximum absolute atomic E-state index is 5.59. The topological polar surface area (TPSA) is 26.0 Å². The van der Waals surface area contributed by atoms with Crippen molar-refractivity contribution in [1.82, 2.24) is 0 Å². The van der Waals surface area contributed by atoms with E-state index in [1.54, 1.807) is 11.1 Å². The summed E-state index contributed by atoms with van der Waals surface area (Å²) < 4.78 is 0. The molecule has 0 aliphatic heterocycles. The van der Waals surface area contributed by atoms with E-state index < -0.39 is 0 Å². The maximum atomic E-state index is 5.59. The molecule has 1 aliphatic carbocycles. The van der Waals surface area contributed by atoms with Crippen LogP contribution in [-0.4, -0.2) is 6.54 Å². The highest BCUT2D eigenvalue weighted by Crippen LogP contribution is 2.36. The number of rotatable bonds is 6. The van der Waals surface area contributed by atoms with E-state index in [-0.39, 0.29) is 0 Å².